The first kappa shape index (κ1) is 18.7. The lowest BCUT2D eigenvalue weighted by molar-refractivity contribution is -0.148. The van der Waals surface area contributed by atoms with E-state index in [1.54, 1.807) is 6.20 Å². The summed E-state index contributed by atoms with van der Waals surface area (Å²) < 4.78 is 9.92. The predicted molar refractivity (Wildman–Crippen MR) is 102 cm³/mol. The third kappa shape index (κ3) is 4.03. The van der Waals surface area contributed by atoms with Gasteiger partial charge in [0.2, 0.25) is 0 Å². The summed E-state index contributed by atoms with van der Waals surface area (Å²) >= 11 is 0. The van der Waals surface area contributed by atoms with Crippen LogP contribution in [-0.4, -0.2) is 37.6 Å². The van der Waals surface area contributed by atoms with Gasteiger partial charge in [-0.3, -0.25) is 4.79 Å². The number of benzene rings is 2. The van der Waals surface area contributed by atoms with E-state index in [1.165, 1.54) is 19.8 Å². The van der Waals surface area contributed by atoms with E-state index in [1.807, 2.05) is 53.4 Å². The van der Waals surface area contributed by atoms with Crippen LogP contribution in [0, 0.1) is 5.92 Å². The minimum absolute atomic E-state index is 0.309. The minimum atomic E-state index is -0.722. The first-order chi connectivity index (χ1) is 13.2. The topological polar surface area (TPSA) is 55.8 Å². The Labute approximate surface area is 159 Å². The van der Waals surface area contributed by atoms with Crippen LogP contribution in [0.5, 0.6) is 0 Å². The molecule has 0 fully saturated rings. The highest BCUT2D eigenvalue weighted by molar-refractivity contribution is 5.96. The highest BCUT2D eigenvalue weighted by atomic mass is 16.5. The third-order valence-electron chi connectivity index (χ3n) is 4.83. The second-order valence-corrected chi connectivity index (χ2v) is 6.41. The van der Waals surface area contributed by atoms with Crippen LogP contribution in [0.3, 0.4) is 0 Å². The van der Waals surface area contributed by atoms with Gasteiger partial charge in [-0.25, -0.2) is 4.79 Å². The van der Waals surface area contributed by atoms with Crippen molar-refractivity contribution in [1.29, 1.82) is 0 Å². The molecule has 2 atom stereocenters. The number of ether oxygens (including phenoxy) is 2. The molecule has 5 nitrogen and oxygen atoms in total. The molecule has 0 aromatic heterocycles. The fourth-order valence-corrected chi connectivity index (χ4v) is 3.52. The zero-order chi connectivity index (χ0) is 19.2. The molecule has 5 heteroatoms. The van der Waals surface area contributed by atoms with Crippen LogP contribution in [0.4, 0.5) is 0 Å². The van der Waals surface area contributed by atoms with Crippen LogP contribution in [-0.2, 0) is 25.5 Å². The monoisotopic (exact) mass is 365 g/mol. The Morgan fingerprint density at radius 3 is 2.15 bits per heavy atom. The van der Waals surface area contributed by atoms with E-state index in [0.717, 1.165) is 12.0 Å². The van der Waals surface area contributed by atoms with E-state index in [4.69, 9.17) is 9.47 Å². The molecule has 1 heterocycles. The van der Waals surface area contributed by atoms with Gasteiger partial charge in [0.15, 0.2) is 0 Å². The lowest BCUT2D eigenvalue weighted by Gasteiger charge is -2.29. The number of esters is 2. The van der Waals surface area contributed by atoms with Crippen molar-refractivity contribution in [3.63, 3.8) is 0 Å². The standard InChI is InChI=1S/C22H23NO4/c1-26-21(24)18-15-23(14-13-16-9-5-3-6-10-16)20(19(18)22(25)27-2)17-11-7-4-8-12-17/h3-12,15,19-20H,13-14H2,1-2H3. The van der Waals surface area contributed by atoms with Gasteiger partial charge in [0.05, 0.1) is 25.8 Å². The SMILES string of the molecule is COC(=O)C1=CN(CCc2ccccc2)C(c2ccccc2)C1C(=O)OC. The number of hydrogen-bond donors (Lipinski definition) is 0. The smallest absolute Gasteiger partial charge is 0.336 e. The first-order valence-corrected chi connectivity index (χ1v) is 8.88. The van der Waals surface area contributed by atoms with E-state index in [-0.39, 0.29) is 6.04 Å². The molecule has 0 spiro atoms. The summed E-state index contributed by atoms with van der Waals surface area (Å²) in [5.74, 6) is -1.67. The third-order valence-corrected chi connectivity index (χ3v) is 4.83. The number of methoxy groups -OCH3 is 2. The quantitative estimate of drug-likeness (QED) is 0.736. The fraction of sp³-hybridized carbons (Fsp3) is 0.273. The normalized spacial score (nSPS) is 18.7. The molecule has 2 aromatic carbocycles. The molecule has 0 bridgehead atoms. The molecular weight excluding hydrogens is 342 g/mol. The van der Waals surface area contributed by atoms with Crippen LogP contribution in [0.15, 0.2) is 72.4 Å². The molecule has 2 unspecified atom stereocenters. The Morgan fingerprint density at radius 2 is 1.56 bits per heavy atom. The zero-order valence-electron chi connectivity index (χ0n) is 15.5. The molecule has 3 rings (SSSR count). The van der Waals surface area contributed by atoms with Gasteiger partial charge in [0.1, 0.15) is 5.92 Å². The number of rotatable bonds is 6. The molecule has 1 aliphatic heterocycles. The molecule has 0 saturated carbocycles. The highest BCUT2D eigenvalue weighted by Gasteiger charge is 2.44. The summed E-state index contributed by atoms with van der Waals surface area (Å²) in [4.78, 5) is 26.9. The van der Waals surface area contributed by atoms with Gasteiger partial charge in [-0.15, -0.1) is 0 Å². The van der Waals surface area contributed by atoms with Crippen molar-refractivity contribution < 1.29 is 19.1 Å². The largest absolute Gasteiger partial charge is 0.468 e. The zero-order valence-corrected chi connectivity index (χ0v) is 15.5. The molecule has 2 aromatic rings. The molecule has 0 aliphatic carbocycles. The Bertz CT molecular complexity index is 817. The van der Waals surface area contributed by atoms with Crippen molar-refractivity contribution in [2.75, 3.05) is 20.8 Å². The first-order valence-electron chi connectivity index (χ1n) is 8.88. The molecule has 0 N–H and O–H groups in total. The molecule has 27 heavy (non-hydrogen) atoms. The average Bonchev–Trinajstić information content (AvgIpc) is 3.12. The van der Waals surface area contributed by atoms with E-state index < -0.39 is 17.9 Å². The lowest BCUT2D eigenvalue weighted by atomic mass is 9.89. The Balaban J connectivity index is 1.95. The van der Waals surface area contributed by atoms with Crippen molar-refractivity contribution >= 4 is 11.9 Å². The van der Waals surface area contributed by atoms with Gasteiger partial charge < -0.3 is 14.4 Å². The van der Waals surface area contributed by atoms with Gasteiger partial charge in [-0.2, -0.15) is 0 Å². The van der Waals surface area contributed by atoms with Gasteiger partial charge in [-0.1, -0.05) is 60.7 Å². The molecule has 0 radical (unpaired) electrons. The minimum Gasteiger partial charge on any atom is -0.468 e. The van der Waals surface area contributed by atoms with Crippen LogP contribution in [0.1, 0.15) is 17.2 Å². The number of hydrogen-bond acceptors (Lipinski definition) is 5. The van der Waals surface area contributed by atoms with E-state index in [9.17, 15) is 9.59 Å². The molecule has 0 amide bonds. The Kier molecular flexibility index (Phi) is 5.91. The van der Waals surface area contributed by atoms with Crippen LogP contribution >= 0.6 is 0 Å². The van der Waals surface area contributed by atoms with E-state index in [0.29, 0.717) is 12.1 Å². The molecular formula is C22H23NO4. The summed E-state index contributed by atoms with van der Waals surface area (Å²) in [5.41, 5.74) is 2.47. The van der Waals surface area contributed by atoms with Gasteiger partial charge in [0, 0.05) is 12.7 Å². The predicted octanol–water partition coefficient (Wildman–Crippen LogP) is 3.13. The van der Waals surface area contributed by atoms with Crippen molar-refractivity contribution in [1.82, 2.24) is 4.90 Å². The fourth-order valence-electron chi connectivity index (χ4n) is 3.52. The van der Waals surface area contributed by atoms with Crippen molar-refractivity contribution in [2.45, 2.75) is 12.5 Å². The van der Waals surface area contributed by atoms with Crippen LogP contribution in [0.2, 0.25) is 0 Å². The van der Waals surface area contributed by atoms with Crippen molar-refractivity contribution in [3.8, 4) is 0 Å². The Morgan fingerprint density at radius 1 is 0.926 bits per heavy atom. The summed E-state index contributed by atoms with van der Waals surface area (Å²) in [6.07, 6.45) is 2.54. The van der Waals surface area contributed by atoms with Crippen molar-refractivity contribution in [3.05, 3.63) is 83.6 Å². The van der Waals surface area contributed by atoms with Crippen molar-refractivity contribution in [2.24, 2.45) is 5.92 Å². The number of carbonyl (C=O) groups is 2. The summed E-state index contributed by atoms with van der Waals surface area (Å²) in [6.45, 7) is 0.664. The summed E-state index contributed by atoms with van der Waals surface area (Å²) in [7, 11) is 2.66. The van der Waals surface area contributed by atoms with E-state index in [2.05, 4.69) is 12.1 Å². The lowest BCUT2D eigenvalue weighted by Crippen LogP contribution is -2.32. The second-order valence-electron chi connectivity index (χ2n) is 6.41. The number of carbonyl (C=O) groups excluding carboxylic acids is 2. The maximum Gasteiger partial charge on any atom is 0.336 e. The molecule has 0 saturated heterocycles. The highest BCUT2D eigenvalue weighted by Crippen LogP contribution is 2.41. The molecule has 1 aliphatic rings. The maximum absolute atomic E-state index is 12.6. The number of nitrogens with zero attached hydrogens (tertiary/aromatic N) is 1. The summed E-state index contributed by atoms with van der Waals surface area (Å²) in [6, 6.07) is 19.5. The average molecular weight is 365 g/mol. The maximum atomic E-state index is 12.6. The molecule has 140 valence electrons. The van der Waals surface area contributed by atoms with Gasteiger partial charge >= 0.3 is 11.9 Å². The van der Waals surface area contributed by atoms with Gasteiger partial charge in [0.25, 0.3) is 0 Å². The van der Waals surface area contributed by atoms with E-state index >= 15 is 0 Å². The van der Waals surface area contributed by atoms with Crippen LogP contribution in [0.25, 0.3) is 0 Å². The van der Waals surface area contributed by atoms with Crippen LogP contribution < -0.4 is 0 Å². The second kappa shape index (κ2) is 8.54. The van der Waals surface area contributed by atoms with Gasteiger partial charge in [-0.05, 0) is 17.5 Å². The Hall–Kier alpha value is -3.08. The summed E-state index contributed by atoms with van der Waals surface area (Å²) in [5, 5.41) is 0.